The van der Waals surface area contributed by atoms with Gasteiger partial charge in [-0.2, -0.15) is 4.98 Å². The van der Waals surface area contributed by atoms with Gasteiger partial charge in [-0.25, -0.2) is 23.1 Å². The number of hydrogen-bond acceptors (Lipinski definition) is 7. The molecule has 1 N–H and O–H groups in total. The van der Waals surface area contributed by atoms with Crippen molar-refractivity contribution in [2.24, 2.45) is 0 Å². The van der Waals surface area contributed by atoms with Gasteiger partial charge >= 0.3 is 0 Å². The lowest BCUT2D eigenvalue weighted by Crippen LogP contribution is -2.28. The summed E-state index contributed by atoms with van der Waals surface area (Å²) in [7, 11) is 1.55. The van der Waals surface area contributed by atoms with Crippen LogP contribution in [0.5, 0.6) is 5.75 Å². The van der Waals surface area contributed by atoms with Crippen molar-refractivity contribution in [1.29, 1.82) is 0 Å². The molecule has 32 heavy (non-hydrogen) atoms. The molecule has 0 radical (unpaired) electrons. The molecular formula is C20H17ClF2N8O. The van der Waals surface area contributed by atoms with E-state index < -0.39 is 11.6 Å². The second-order valence-electron chi connectivity index (χ2n) is 7.03. The van der Waals surface area contributed by atoms with Gasteiger partial charge in [0.05, 0.1) is 7.11 Å². The smallest absolute Gasteiger partial charge is 0.248 e. The van der Waals surface area contributed by atoms with Gasteiger partial charge in [-0.15, -0.1) is 10.2 Å². The van der Waals surface area contributed by atoms with E-state index in [4.69, 9.17) is 16.3 Å². The molecule has 1 aliphatic heterocycles. The largest absolute Gasteiger partial charge is 0.494 e. The Hall–Kier alpha value is -3.73. The molecule has 12 heteroatoms. The molecule has 0 amide bonds. The van der Waals surface area contributed by atoms with E-state index in [1.165, 1.54) is 17.1 Å². The van der Waals surface area contributed by atoms with E-state index in [-0.39, 0.29) is 5.28 Å². The van der Waals surface area contributed by atoms with Crippen LogP contribution in [0.1, 0.15) is 6.42 Å². The number of nitrogens with zero attached hydrogens (tertiary/aromatic N) is 7. The Morgan fingerprint density at radius 1 is 1.06 bits per heavy atom. The standard InChI is InChI=1S/C20H17ClF2N8O/c1-32-17-9-12(3-6-16(17)31-11-24-18(21)27-31)25-19-26-20-29(7-2-8-30(20)28-19)13-4-5-14(22)15(23)10-13/h3-6,9-11H,2,7-8H2,1H3,(H,25,28). The quantitative estimate of drug-likeness (QED) is 0.482. The third kappa shape index (κ3) is 3.71. The zero-order valence-corrected chi connectivity index (χ0v) is 17.6. The van der Waals surface area contributed by atoms with Crippen LogP contribution in [0.3, 0.4) is 0 Å². The number of fused-ring (bicyclic) bond motifs is 1. The lowest BCUT2D eigenvalue weighted by atomic mass is 10.2. The zero-order chi connectivity index (χ0) is 22.2. The minimum Gasteiger partial charge on any atom is -0.494 e. The van der Waals surface area contributed by atoms with Crippen molar-refractivity contribution in [3.05, 3.63) is 59.6 Å². The first kappa shape index (κ1) is 20.2. The summed E-state index contributed by atoms with van der Waals surface area (Å²) in [6.07, 6.45) is 2.28. The number of benzene rings is 2. The average Bonchev–Trinajstić information content (AvgIpc) is 3.41. The van der Waals surface area contributed by atoms with Crippen LogP contribution >= 0.6 is 11.6 Å². The highest BCUT2D eigenvalue weighted by atomic mass is 35.5. The molecule has 2 aromatic carbocycles. The van der Waals surface area contributed by atoms with Crippen molar-refractivity contribution < 1.29 is 13.5 Å². The SMILES string of the molecule is COc1cc(Nc2nc3n(n2)CCCN3c2ccc(F)c(F)c2)ccc1-n1cnc(Cl)n1. The molecule has 3 heterocycles. The molecule has 4 aromatic rings. The highest BCUT2D eigenvalue weighted by Gasteiger charge is 2.23. The number of ether oxygens (including phenoxy) is 1. The zero-order valence-electron chi connectivity index (χ0n) is 16.8. The van der Waals surface area contributed by atoms with Crippen molar-refractivity contribution in [3.63, 3.8) is 0 Å². The van der Waals surface area contributed by atoms with Crippen LogP contribution < -0.4 is 15.0 Å². The Balaban J connectivity index is 1.42. The van der Waals surface area contributed by atoms with Crippen LogP contribution in [0.4, 0.5) is 32.1 Å². The summed E-state index contributed by atoms with van der Waals surface area (Å²) in [6, 6.07) is 9.19. The third-order valence-electron chi connectivity index (χ3n) is 5.01. The maximum Gasteiger partial charge on any atom is 0.248 e. The van der Waals surface area contributed by atoms with Gasteiger partial charge < -0.3 is 15.0 Å². The van der Waals surface area contributed by atoms with Crippen molar-refractivity contribution in [3.8, 4) is 11.4 Å². The summed E-state index contributed by atoms with van der Waals surface area (Å²) in [5, 5.41) is 11.9. The van der Waals surface area contributed by atoms with Gasteiger partial charge in [-0.05, 0) is 42.3 Å². The molecule has 5 rings (SSSR count). The van der Waals surface area contributed by atoms with Gasteiger partial charge in [0.2, 0.25) is 17.2 Å². The number of methoxy groups -OCH3 is 1. The number of halogens is 3. The summed E-state index contributed by atoms with van der Waals surface area (Å²) in [5.41, 5.74) is 1.87. The van der Waals surface area contributed by atoms with Crippen molar-refractivity contribution >= 4 is 34.9 Å². The van der Waals surface area contributed by atoms with Crippen LogP contribution in [0, 0.1) is 11.6 Å². The van der Waals surface area contributed by atoms with Crippen LogP contribution in [-0.4, -0.2) is 43.2 Å². The molecule has 0 unspecified atom stereocenters. The predicted octanol–water partition coefficient (Wildman–Crippen LogP) is 4.08. The van der Waals surface area contributed by atoms with E-state index >= 15 is 0 Å². The number of hydrogen-bond donors (Lipinski definition) is 1. The van der Waals surface area contributed by atoms with Gasteiger partial charge in [-0.1, -0.05) is 0 Å². The highest BCUT2D eigenvalue weighted by molar-refractivity contribution is 6.28. The first-order valence-corrected chi connectivity index (χ1v) is 10.1. The van der Waals surface area contributed by atoms with E-state index in [0.717, 1.165) is 18.6 Å². The van der Waals surface area contributed by atoms with E-state index in [1.54, 1.807) is 23.9 Å². The molecule has 0 saturated heterocycles. The minimum absolute atomic E-state index is 0.132. The molecule has 0 bridgehead atoms. The van der Waals surface area contributed by atoms with Crippen LogP contribution in [0.2, 0.25) is 5.28 Å². The number of aryl methyl sites for hydroxylation is 1. The third-order valence-corrected chi connectivity index (χ3v) is 5.18. The fraction of sp³-hybridized carbons (Fsp3) is 0.200. The van der Waals surface area contributed by atoms with Crippen LogP contribution in [-0.2, 0) is 6.54 Å². The minimum atomic E-state index is -0.904. The summed E-state index contributed by atoms with van der Waals surface area (Å²) < 4.78 is 35.8. The first-order valence-electron chi connectivity index (χ1n) is 9.72. The first-order chi connectivity index (χ1) is 15.5. The molecular weight excluding hydrogens is 442 g/mol. The molecule has 164 valence electrons. The van der Waals surface area contributed by atoms with E-state index in [2.05, 4.69) is 25.5 Å². The van der Waals surface area contributed by atoms with Crippen molar-refractivity contribution in [2.75, 3.05) is 23.9 Å². The average molecular weight is 459 g/mol. The maximum absolute atomic E-state index is 13.7. The Morgan fingerprint density at radius 3 is 2.69 bits per heavy atom. The van der Waals surface area contributed by atoms with Crippen LogP contribution in [0.25, 0.3) is 5.69 Å². The molecule has 0 spiro atoms. The summed E-state index contributed by atoms with van der Waals surface area (Å²) in [4.78, 5) is 10.3. The van der Waals surface area contributed by atoms with Crippen molar-refractivity contribution in [1.82, 2.24) is 29.5 Å². The topological polar surface area (TPSA) is 85.9 Å². The molecule has 0 fully saturated rings. The van der Waals surface area contributed by atoms with E-state index in [9.17, 15) is 8.78 Å². The lowest BCUT2D eigenvalue weighted by molar-refractivity contribution is 0.412. The summed E-state index contributed by atoms with van der Waals surface area (Å²) in [5.74, 6) is -0.332. The fourth-order valence-corrected chi connectivity index (χ4v) is 3.67. The second kappa shape index (κ2) is 8.08. The second-order valence-corrected chi connectivity index (χ2v) is 7.37. The van der Waals surface area contributed by atoms with Crippen LogP contribution in [0.15, 0.2) is 42.7 Å². The molecule has 1 aliphatic rings. The van der Waals surface area contributed by atoms with E-state index in [0.29, 0.717) is 47.8 Å². The summed E-state index contributed by atoms with van der Waals surface area (Å²) >= 11 is 5.81. The van der Waals surface area contributed by atoms with Crippen molar-refractivity contribution in [2.45, 2.75) is 13.0 Å². The molecule has 2 aromatic heterocycles. The van der Waals surface area contributed by atoms with Gasteiger partial charge in [0.1, 0.15) is 17.8 Å². The van der Waals surface area contributed by atoms with Gasteiger partial charge in [0, 0.05) is 36.6 Å². The Labute approximate surface area is 186 Å². The molecule has 0 aliphatic carbocycles. The Bertz CT molecular complexity index is 1290. The molecule has 0 atom stereocenters. The lowest BCUT2D eigenvalue weighted by Gasteiger charge is -2.27. The van der Waals surface area contributed by atoms with Gasteiger partial charge in [0.25, 0.3) is 0 Å². The fourth-order valence-electron chi connectivity index (χ4n) is 3.55. The normalized spacial score (nSPS) is 13.2. The molecule has 9 nitrogen and oxygen atoms in total. The maximum atomic E-state index is 13.7. The van der Waals surface area contributed by atoms with E-state index in [1.807, 2.05) is 11.0 Å². The number of aromatic nitrogens is 6. The van der Waals surface area contributed by atoms with Gasteiger partial charge in [0.15, 0.2) is 11.6 Å². The Morgan fingerprint density at radius 2 is 1.94 bits per heavy atom. The number of rotatable bonds is 5. The molecule has 0 saturated carbocycles. The number of nitrogens with one attached hydrogen (secondary N) is 1. The predicted molar refractivity (Wildman–Crippen MR) is 114 cm³/mol. The van der Waals surface area contributed by atoms with Gasteiger partial charge in [-0.3, -0.25) is 0 Å². The Kier molecular flexibility index (Phi) is 5.10. The monoisotopic (exact) mass is 458 g/mol. The number of anilines is 4. The summed E-state index contributed by atoms with van der Waals surface area (Å²) in [6.45, 7) is 1.28. The highest BCUT2D eigenvalue weighted by Crippen LogP contribution is 2.31.